The Balaban J connectivity index is 1.76. The number of nitrogens with two attached hydrogens (primary N) is 1. The second-order valence-electron chi connectivity index (χ2n) is 7.17. The van der Waals surface area contributed by atoms with Crippen molar-refractivity contribution in [1.82, 2.24) is 14.7 Å². The van der Waals surface area contributed by atoms with Gasteiger partial charge in [0.2, 0.25) is 11.8 Å². The Kier molecular flexibility index (Phi) is 6.84. The van der Waals surface area contributed by atoms with Gasteiger partial charge in [-0.25, -0.2) is 0 Å². The highest BCUT2D eigenvalue weighted by molar-refractivity contribution is 5.82. The standard InChI is InChI=1S/C17H32N4O2/c1-14(2)16(18)17(23)21-11-9-19(10-12-21)13-15(22)20-7-5-3-4-6-8-20/h14,16H,3-13,18H2,1-2H3/t16-/m0/s1. The zero-order chi connectivity index (χ0) is 16.8. The van der Waals surface area contributed by atoms with Crippen molar-refractivity contribution in [3.05, 3.63) is 0 Å². The molecular formula is C17H32N4O2. The zero-order valence-electron chi connectivity index (χ0n) is 14.7. The Morgan fingerprint density at radius 2 is 1.43 bits per heavy atom. The molecule has 1 atom stereocenters. The van der Waals surface area contributed by atoms with Gasteiger partial charge in [-0.15, -0.1) is 0 Å². The largest absolute Gasteiger partial charge is 0.342 e. The summed E-state index contributed by atoms with van der Waals surface area (Å²) in [6.45, 7) is 9.10. The first kappa shape index (κ1) is 18.2. The fourth-order valence-corrected chi connectivity index (χ4v) is 3.23. The molecule has 0 aliphatic carbocycles. The van der Waals surface area contributed by atoms with Gasteiger partial charge in [-0.1, -0.05) is 26.7 Å². The van der Waals surface area contributed by atoms with Gasteiger partial charge in [-0.3, -0.25) is 14.5 Å². The van der Waals surface area contributed by atoms with Crippen molar-refractivity contribution >= 4 is 11.8 Å². The van der Waals surface area contributed by atoms with Crippen LogP contribution < -0.4 is 5.73 Å². The van der Waals surface area contributed by atoms with E-state index < -0.39 is 6.04 Å². The summed E-state index contributed by atoms with van der Waals surface area (Å²) in [6.07, 6.45) is 4.73. The molecule has 2 aliphatic heterocycles. The molecule has 2 saturated heterocycles. The van der Waals surface area contributed by atoms with Crippen LogP contribution in [0.3, 0.4) is 0 Å². The average molecular weight is 324 g/mol. The van der Waals surface area contributed by atoms with E-state index in [1.54, 1.807) is 0 Å². The number of nitrogens with zero attached hydrogens (tertiary/aromatic N) is 3. The number of hydrogen-bond acceptors (Lipinski definition) is 4. The van der Waals surface area contributed by atoms with E-state index in [0.29, 0.717) is 19.6 Å². The van der Waals surface area contributed by atoms with E-state index in [2.05, 4.69) is 4.90 Å². The van der Waals surface area contributed by atoms with Crippen LogP contribution in [-0.4, -0.2) is 78.4 Å². The lowest BCUT2D eigenvalue weighted by Gasteiger charge is -2.36. The lowest BCUT2D eigenvalue weighted by molar-refractivity contribution is -0.136. The maximum absolute atomic E-state index is 12.4. The minimum Gasteiger partial charge on any atom is -0.342 e. The molecule has 2 rings (SSSR count). The van der Waals surface area contributed by atoms with Crippen molar-refractivity contribution in [2.45, 2.75) is 45.6 Å². The molecule has 0 aromatic rings. The molecule has 23 heavy (non-hydrogen) atoms. The number of piperazine rings is 1. The Morgan fingerprint density at radius 1 is 0.870 bits per heavy atom. The third-order valence-corrected chi connectivity index (χ3v) is 5.00. The van der Waals surface area contributed by atoms with E-state index >= 15 is 0 Å². The maximum Gasteiger partial charge on any atom is 0.239 e. The molecule has 2 heterocycles. The third kappa shape index (κ3) is 5.18. The summed E-state index contributed by atoms with van der Waals surface area (Å²) < 4.78 is 0. The molecule has 0 unspecified atom stereocenters. The fourth-order valence-electron chi connectivity index (χ4n) is 3.23. The normalized spacial score (nSPS) is 22.1. The number of hydrogen-bond donors (Lipinski definition) is 1. The molecule has 2 fully saturated rings. The van der Waals surface area contributed by atoms with Crippen molar-refractivity contribution in [3.8, 4) is 0 Å². The first-order chi connectivity index (χ1) is 11.0. The monoisotopic (exact) mass is 324 g/mol. The zero-order valence-corrected chi connectivity index (χ0v) is 14.7. The smallest absolute Gasteiger partial charge is 0.239 e. The molecule has 6 nitrogen and oxygen atoms in total. The van der Waals surface area contributed by atoms with Gasteiger partial charge < -0.3 is 15.5 Å². The van der Waals surface area contributed by atoms with Crippen LogP contribution in [0.25, 0.3) is 0 Å². The van der Waals surface area contributed by atoms with Crippen LogP contribution in [0.15, 0.2) is 0 Å². The molecular weight excluding hydrogens is 292 g/mol. The van der Waals surface area contributed by atoms with Crippen LogP contribution in [0.2, 0.25) is 0 Å². The predicted molar refractivity (Wildman–Crippen MR) is 90.9 cm³/mol. The molecule has 0 saturated carbocycles. The fraction of sp³-hybridized carbons (Fsp3) is 0.882. The molecule has 0 radical (unpaired) electrons. The summed E-state index contributed by atoms with van der Waals surface area (Å²) in [5.41, 5.74) is 5.95. The van der Waals surface area contributed by atoms with E-state index in [0.717, 1.165) is 39.0 Å². The minimum absolute atomic E-state index is 0.0403. The minimum atomic E-state index is -0.416. The highest BCUT2D eigenvalue weighted by Crippen LogP contribution is 2.11. The van der Waals surface area contributed by atoms with Gasteiger partial charge in [0.1, 0.15) is 0 Å². The van der Waals surface area contributed by atoms with Crippen LogP contribution >= 0.6 is 0 Å². The summed E-state index contributed by atoms with van der Waals surface area (Å²) in [5.74, 6) is 0.439. The quantitative estimate of drug-likeness (QED) is 0.818. The van der Waals surface area contributed by atoms with Crippen LogP contribution in [0.4, 0.5) is 0 Å². The van der Waals surface area contributed by atoms with Gasteiger partial charge in [-0.2, -0.15) is 0 Å². The Labute approximate surface area is 140 Å². The lowest BCUT2D eigenvalue weighted by atomic mass is 10.0. The Bertz CT molecular complexity index is 397. The number of amides is 2. The second kappa shape index (κ2) is 8.64. The SMILES string of the molecule is CC(C)[C@H](N)C(=O)N1CCN(CC(=O)N2CCCCCC2)CC1. The summed E-state index contributed by atoms with van der Waals surface area (Å²) in [7, 11) is 0. The summed E-state index contributed by atoms with van der Waals surface area (Å²) >= 11 is 0. The maximum atomic E-state index is 12.4. The number of carbonyl (C=O) groups excluding carboxylic acids is 2. The van der Waals surface area contributed by atoms with Crippen LogP contribution in [0.5, 0.6) is 0 Å². The van der Waals surface area contributed by atoms with Gasteiger partial charge in [-0.05, 0) is 18.8 Å². The summed E-state index contributed by atoms with van der Waals surface area (Å²) in [6, 6.07) is -0.416. The van der Waals surface area contributed by atoms with Gasteiger partial charge in [0.15, 0.2) is 0 Å². The predicted octanol–water partition coefficient (Wildman–Crippen LogP) is 0.517. The van der Waals surface area contributed by atoms with Crippen LogP contribution in [0, 0.1) is 5.92 Å². The van der Waals surface area contributed by atoms with Gasteiger partial charge in [0.25, 0.3) is 0 Å². The molecule has 0 spiro atoms. The average Bonchev–Trinajstić information content (AvgIpc) is 2.83. The van der Waals surface area contributed by atoms with Crippen molar-refractivity contribution in [1.29, 1.82) is 0 Å². The summed E-state index contributed by atoms with van der Waals surface area (Å²) in [5, 5.41) is 0. The van der Waals surface area contributed by atoms with Crippen molar-refractivity contribution in [2.24, 2.45) is 11.7 Å². The number of rotatable bonds is 4. The van der Waals surface area contributed by atoms with Crippen molar-refractivity contribution in [2.75, 3.05) is 45.8 Å². The summed E-state index contributed by atoms with van der Waals surface area (Å²) in [4.78, 5) is 30.7. The molecule has 132 valence electrons. The molecule has 0 bridgehead atoms. The topological polar surface area (TPSA) is 69.9 Å². The molecule has 2 aliphatic rings. The lowest BCUT2D eigenvalue weighted by Crippen LogP contribution is -2.55. The first-order valence-corrected chi connectivity index (χ1v) is 9.03. The van der Waals surface area contributed by atoms with Crippen LogP contribution in [-0.2, 0) is 9.59 Å². The van der Waals surface area contributed by atoms with Crippen molar-refractivity contribution < 1.29 is 9.59 Å². The first-order valence-electron chi connectivity index (χ1n) is 9.03. The number of likely N-dealkylation sites (tertiary alicyclic amines) is 1. The van der Waals surface area contributed by atoms with E-state index in [1.807, 2.05) is 23.6 Å². The second-order valence-corrected chi connectivity index (χ2v) is 7.17. The highest BCUT2D eigenvalue weighted by Gasteiger charge is 2.28. The molecule has 2 N–H and O–H groups in total. The van der Waals surface area contributed by atoms with Crippen molar-refractivity contribution in [3.63, 3.8) is 0 Å². The molecule has 6 heteroatoms. The van der Waals surface area contributed by atoms with E-state index in [1.165, 1.54) is 12.8 Å². The van der Waals surface area contributed by atoms with E-state index in [4.69, 9.17) is 5.73 Å². The Morgan fingerprint density at radius 3 is 1.96 bits per heavy atom. The molecule has 0 aromatic carbocycles. The third-order valence-electron chi connectivity index (χ3n) is 5.00. The highest BCUT2D eigenvalue weighted by atomic mass is 16.2. The van der Waals surface area contributed by atoms with Crippen LogP contribution in [0.1, 0.15) is 39.5 Å². The van der Waals surface area contributed by atoms with Gasteiger partial charge in [0.05, 0.1) is 12.6 Å². The molecule has 0 aromatic heterocycles. The Hall–Kier alpha value is -1.14. The molecule has 2 amide bonds. The van der Waals surface area contributed by atoms with Gasteiger partial charge >= 0.3 is 0 Å². The van der Waals surface area contributed by atoms with E-state index in [-0.39, 0.29) is 17.7 Å². The van der Waals surface area contributed by atoms with Gasteiger partial charge in [0, 0.05) is 39.3 Å². The van der Waals surface area contributed by atoms with E-state index in [9.17, 15) is 9.59 Å². The number of carbonyl (C=O) groups is 2.